The number of nitrogens with zero attached hydrogens (tertiary/aromatic N) is 2. The lowest BCUT2D eigenvalue weighted by Crippen LogP contribution is -2.29. The second-order valence-corrected chi connectivity index (χ2v) is 5.36. The van der Waals surface area contributed by atoms with E-state index in [0.717, 1.165) is 25.0 Å². The average Bonchev–Trinajstić information content (AvgIpc) is 3.04. The van der Waals surface area contributed by atoms with Gasteiger partial charge in [0.15, 0.2) is 0 Å². The zero-order valence-corrected chi connectivity index (χ0v) is 11.4. The summed E-state index contributed by atoms with van der Waals surface area (Å²) in [4.78, 5) is 28.6. The number of carbonyl (C=O) groups excluding carboxylic acids is 1. The van der Waals surface area contributed by atoms with Crippen molar-refractivity contribution < 1.29 is 4.79 Å². The average molecular weight is 274 g/mol. The number of H-pyrrole nitrogens is 1. The summed E-state index contributed by atoms with van der Waals surface area (Å²) in [7, 11) is 1.70. The maximum Gasteiger partial charge on any atom is 0.326 e. The normalized spacial score (nSPS) is 18.9. The zero-order valence-electron chi connectivity index (χ0n) is 11.4. The molecule has 3 N–H and O–H groups in total. The fourth-order valence-corrected chi connectivity index (χ4v) is 2.76. The largest absolute Gasteiger partial charge is 0.338 e. The molecule has 2 aromatic rings. The van der Waals surface area contributed by atoms with Gasteiger partial charge in [-0.3, -0.25) is 9.36 Å². The standard InChI is InChI=1S/C14H18N4O2/c1-17-12-3-2-10(6-11(12)16-14(17)20)13(19)18-5-4-9(7-15)8-18/h2-3,6,9H,4-5,7-8,15H2,1H3,(H,16,20). The van der Waals surface area contributed by atoms with Crippen LogP contribution in [0.4, 0.5) is 0 Å². The highest BCUT2D eigenvalue weighted by Gasteiger charge is 2.26. The highest BCUT2D eigenvalue weighted by molar-refractivity contribution is 5.97. The van der Waals surface area contributed by atoms with E-state index < -0.39 is 0 Å². The third kappa shape index (κ3) is 2.02. The number of aryl methyl sites for hydroxylation is 1. The number of aromatic amines is 1. The van der Waals surface area contributed by atoms with Crippen LogP contribution in [-0.4, -0.2) is 40.0 Å². The van der Waals surface area contributed by atoms with Gasteiger partial charge in [-0.15, -0.1) is 0 Å². The van der Waals surface area contributed by atoms with Gasteiger partial charge in [0.25, 0.3) is 5.91 Å². The van der Waals surface area contributed by atoms with Crippen LogP contribution in [-0.2, 0) is 7.05 Å². The lowest BCUT2D eigenvalue weighted by molar-refractivity contribution is 0.0788. The molecule has 6 nitrogen and oxygen atoms in total. The molecule has 2 heterocycles. The molecular weight excluding hydrogens is 256 g/mol. The lowest BCUT2D eigenvalue weighted by atomic mass is 10.1. The van der Waals surface area contributed by atoms with E-state index in [1.807, 2.05) is 4.90 Å². The first-order chi connectivity index (χ1) is 9.60. The van der Waals surface area contributed by atoms with Gasteiger partial charge in [0.05, 0.1) is 11.0 Å². The number of carbonyl (C=O) groups is 1. The van der Waals surface area contributed by atoms with E-state index in [-0.39, 0.29) is 11.6 Å². The summed E-state index contributed by atoms with van der Waals surface area (Å²) in [6.07, 6.45) is 0.965. The summed E-state index contributed by atoms with van der Waals surface area (Å²) in [6, 6.07) is 5.32. The van der Waals surface area contributed by atoms with Crippen molar-refractivity contribution in [2.45, 2.75) is 6.42 Å². The maximum absolute atomic E-state index is 12.4. The first-order valence-electron chi connectivity index (χ1n) is 6.78. The van der Waals surface area contributed by atoms with Gasteiger partial charge in [0.2, 0.25) is 0 Å². The Morgan fingerprint density at radius 1 is 1.50 bits per heavy atom. The predicted molar refractivity (Wildman–Crippen MR) is 76.6 cm³/mol. The molecule has 6 heteroatoms. The van der Waals surface area contributed by atoms with Crippen molar-refractivity contribution in [2.75, 3.05) is 19.6 Å². The van der Waals surface area contributed by atoms with Crippen molar-refractivity contribution in [1.82, 2.24) is 14.5 Å². The number of nitrogens with one attached hydrogen (secondary N) is 1. The molecule has 1 amide bonds. The molecule has 1 aliphatic rings. The third-order valence-corrected chi connectivity index (χ3v) is 4.06. The summed E-state index contributed by atoms with van der Waals surface area (Å²) in [5, 5.41) is 0. The van der Waals surface area contributed by atoms with Crippen LogP contribution in [0.15, 0.2) is 23.0 Å². The quantitative estimate of drug-likeness (QED) is 0.825. The first-order valence-corrected chi connectivity index (χ1v) is 6.78. The van der Waals surface area contributed by atoms with Crippen molar-refractivity contribution in [3.63, 3.8) is 0 Å². The van der Waals surface area contributed by atoms with E-state index in [1.54, 1.807) is 25.2 Å². The number of nitrogens with two attached hydrogens (primary N) is 1. The molecule has 1 aromatic heterocycles. The fraction of sp³-hybridized carbons (Fsp3) is 0.429. The molecule has 1 aromatic carbocycles. The molecular formula is C14H18N4O2. The molecule has 0 spiro atoms. The Hall–Kier alpha value is -2.08. The van der Waals surface area contributed by atoms with Crippen molar-refractivity contribution in [2.24, 2.45) is 18.7 Å². The van der Waals surface area contributed by atoms with Gasteiger partial charge in [-0.25, -0.2) is 4.79 Å². The van der Waals surface area contributed by atoms with Gasteiger partial charge < -0.3 is 15.6 Å². The number of hydrogen-bond donors (Lipinski definition) is 2. The van der Waals surface area contributed by atoms with E-state index in [9.17, 15) is 9.59 Å². The Morgan fingerprint density at radius 3 is 3.00 bits per heavy atom. The minimum atomic E-state index is -0.172. The van der Waals surface area contributed by atoms with Crippen LogP contribution in [0.1, 0.15) is 16.8 Å². The smallest absolute Gasteiger partial charge is 0.326 e. The lowest BCUT2D eigenvalue weighted by Gasteiger charge is -2.16. The van der Waals surface area contributed by atoms with Gasteiger partial charge in [-0.1, -0.05) is 0 Å². The summed E-state index contributed by atoms with van der Waals surface area (Å²) in [5.41, 5.74) is 7.58. The number of aromatic nitrogens is 2. The molecule has 1 aliphatic heterocycles. The van der Waals surface area contributed by atoms with Crippen LogP contribution in [0.25, 0.3) is 11.0 Å². The van der Waals surface area contributed by atoms with Crippen LogP contribution in [0, 0.1) is 5.92 Å². The van der Waals surface area contributed by atoms with Crippen molar-refractivity contribution in [3.8, 4) is 0 Å². The molecule has 3 rings (SSSR count). The number of hydrogen-bond acceptors (Lipinski definition) is 3. The highest BCUT2D eigenvalue weighted by atomic mass is 16.2. The Kier molecular flexibility index (Phi) is 3.10. The Morgan fingerprint density at radius 2 is 2.30 bits per heavy atom. The Bertz CT molecular complexity index is 716. The number of rotatable bonds is 2. The van der Waals surface area contributed by atoms with Gasteiger partial charge in [-0.05, 0) is 37.1 Å². The summed E-state index contributed by atoms with van der Waals surface area (Å²) >= 11 is 0. The van der Waals surface area contributed by atoms with Gasteiger partial charge in [0.1, 0.15) is 0 Å². The van der Waals surface area contributed by atoms with Crippen LogP contribution >= 0.6 is 0 Å². The number of imidazole rings is 1. The number of amides is 1. The molecule has 1 saturated heterocycles. The Labute approximate surface area is 116 Å². The number of likely N-dealkylation sites (tertiary alicyclic amines) is 1. The second-order valence-electron chi connectivity index (χ2n) is 5.36. The minimum Gasteiger partial charge on any atom is -0.338 e. The van der Waals surface area contributed by atoms with Crippen molar-refractivity contribution in [1.29, 1.82) is 0 Å². The summed E-state index contributed by atoms with van der Waals surface area (Å²) in [6.45, 7) is 2.09. The molecule has 0 bridgehead atoms. The molecule has 106 valence electrons. The van der Waals surface area contributed by atoms with Crippen molar-refractivity contribution >= 4 is 16.9 Å². The van der Waals surface area contributed by atoms with E-state index in [0.29, 0.717) is 23.5 Å². The Balaban J connectivity index is 1.90. The van der Waals surface area contributed by atoms with Gasteiger partial charge >= 0.3 is 5.69 Å². The molecule has 0 saturated carbocycles. The number of fused-ring (bicyclic) bond motifs is 1. The van der Waals surface area contributed by atoms with E-state index in [1.165, 1.54) is 4.57 Å². The molecule has 20 heavy (non-hydrogen) atoms. The highest BCUT2D eigenvalue weighted by Crippen LogP contribution is 2.19. The fourth-order valence-electron chi connectivity index (χ4n) is 2.76. The van der Waals surface area contributed by atoms with Gasteiger partial charge in [0, 0.05) is 25.7 Å². The molecule has 1 fully saturated rings. The van der Waals surface area contributed by atoms with Crippen molar-refractivity contribution in [3.05, 3.63) is 34.2 Å². The molecule has 0 radical (unpaired) electrons. The zero-order chi connectivity index (χ0) is 14.3. The van der Waals surface area contributed by atoms with Crippen LogP contribution in [0.5, 0.6) is 0 Å². The predicted octanol–water partition coefficient (Wildman–Crippen LogP) is 0.287. The van der Waals surface area contributed by atoms with Crippen LogP contribution < -0.4 is 11.4 Å². The summed E-state index contributed by atoms with van der Waals surface area (Å²) < 4.78 is 1.53. The van der Waals surface area contributed by atoms with Crippen LogP contribution in [0.3, 0.4) is 0 Å². The first kappa shape index (κ1) is 12.9. The topological polar surface area (TPSA) is 84.1 Å². The third-order valence-electron chi connectivity index (χ3n) is 4.06. The van der Waals surface area contributed by atoms with Crippen LogP contribution in [0.2, 0.25) is 0 Å². The monoisotopic (exact) mass is 274 g/mol. The molecule has 1 atom stereocenters. The molecule has 0 aliphatic carbocycles. The summed E-state index contributed by atoms with van der Waals surface area (Å²) in [5.74, 6) is 0.409. The number of benzene rings is 1. The second kappa shape index (κ2) is 4.79. The van der Waals surface area contributed by atoms with Gasteiger partial charge in [-0.2, -0.15) is 0 Å². The maximum atomic E-state index is 12.4. The van der Waals surface area contributed by atoms with E-state index in [2.05, 4.69) is 4.98 Å². The van der Waals surface area contributed by atoms with E-state index >= 15 is 0 Å². The van der Waals surface area contributed by atoms with E-state index in [4.69, 9.17) is 5.73 Å². The minimum absolute atomic E-state index is 0.00699. The molecule has 1 unspecified atom stereocenters. The SMILES string of the molecule is Cn1c(=O)[nH]c2cc(C(=O)N3CCC(CN)C3)ccc21.